The zero-order valence-corrected chi connectivity index (χ0v) is 7.46. The van der Waals surface area contributed by atoms with E-state index in [1.54, 1.807) is 0 Å². The van der Waals surface area contributed by atoms with Crippen LogP contribution in [0.2, 0.25) is 0 Å². The average molecular weight is 174 g/mol. The molecule has 0 radical (unpaired) electrons. The molecule has 0 aliphatic carbocycles. The van der Waals surface area contributed by atoms with Crippen molar-refractivity contribution in [2.75, 3.05) is 5.43 Å². The molecule has 2 rings (SSSR count). The third-order valence-electron chi connectivity index (χ3n) is 2.06. The highest BCUT2D eigenvalue weighted by atomic mass is 15.2. The number of nitrogen functional groups attached to an aromatic ring is 1. The Morgan fingerprint density at radius 3 is 2.77 bits per heavy atom. The highest BCUT2D eigenvalue weighted by molar-refractivity contribution is 5.79. The van der Waals surface area contributed by atoms with Gasteiger partial charge in [-0.2, -0.15) is 0 Å². The van der Waals surface area contributed by atoms with E-state index in [-0.39, 0.29) is 0 Å². The SMILES string of the molecule is Cc1ccc2ccc(NN)cc2[nH+]1. The lowest BCUT2D eigenvalue weighted by atomic mass is 10.2. The summed E-state index contributed by atoms with van der Waals surface area (Å²) in [6.07, 6.45) is 0. The Labute approximate surface area is 76.6 Å². The topological polar surface area (TPSA) is 52.2 Å². The highest BCUT2D eigenvalue weighted by Crippen LogP contribution is 2.14. The minimum atomic E-state index is 0.911. The molecule has 0 aliphatic heterocycles. The van der Waals surface area contributed by atoms with Crippen molar-refractivity contribution in [1.82, 2.24) is 0 Å². The minimum Gasteiger partial charge on any atom is -0.324 e. The summed E-state index contributed by atoms with van der Waals surface area (Å²) in [5, 5.41) is 1.18. The van der Waals surface area contributed by atoms with Gasteiger partial charge in [0.05, 0.1) is 5.69 Å². The van der Waals surface area contributed by atoms with Crippen LogP contribution < -0.4 is 16.3 Å². The van der Waals surface area contributed by atoms with Crippen LogP contribution in [-0.2, 0) is 0 Å². The van der Waals surface area contributed by atoms with E-state index in [9.17, 15) is 0 Å². The number of H-pyrrole nitrogens is 1. The molecule has 0 bridgehead atoms. The summed E-state index contributed by atoms with van der Waals surface area (Å²) < 4.78 is 0. The molecule has 0 atom stereocenters. The van der Waals surface area contributed by atoms with E-state index in [2.05, 4.69) is 22.5 Å². The number of hydrogen-bond acceptors (Lipinski definition) is 2. The maximum Gasteiger partial charge on any atom is 0.213 e. The van der Waals surface area contributed by atoms with Gasteiger partial charge in [0.2, 0.25) is 5.52 Å². The van der Waals surface area contributed by atoms with E-state index in [4.69, 9.17) is 5.84 Å². The van der Waals surface area contributed by atoms with E-state index in [1.165, 1.54) is 5.39 Å². The molecule has 13 heavy (non-hydrogen) atoms. The Hall–Kier alpha value is -1.61. The van der Waals surface area contributed by atoms with Gasteiger partial charge >= 0.3 is 0 Å². The summed E-state index contributed by atoms with van der Waals surface area (Å²) in [4.78, 5) is 3.27. The molecule has 0 unspecified atom stereocenters. The Morgan fingerprint density at radius 2 is 2.00 bits per heavy atom. The quantitative estimate of drug-likeness (QED) is 0.505. The molecule has 66 valence electrons. The molecule has 1 aromatic carbocycles. The molecule has 0 fully saturated rings. The summed E-state index contributed by atoms with van der Waals surface area (Å²) in [6.45, 7) is 2.03. The average Bonchev–Trinajstić information content (AvgIpc) is 2.16. The number of aromatic nitrogens is 1. The van der Waals surface area contributed by atoms with Crippen molar-refractivity contribution in [1.29, 1.82) is 0 Å². The third kappa shape index (κ3) is 1.46. The molecule has 0 saturated heterocycles. The molecule has 3 heteroatoms. The van der Waals surface area contributed by atoms with Crippen LogP contribution in [0.1, 0.15) is 5.69 Å². The van der Waals surface area contributed by atoms with Crippen molar-refractivity contribution < 1.29 is 4.98 Å². The summed E-state index contributed by atoms with van der Waals surface area (Å²) in [5.74, 6) is 5.32. The molecule has 0 spiro atoms. The van der Waals surface area contributed by atoms with Crippen molar-refractivity contribution in [3.05, 3.63) is 36.0 Å². The van der Waals surface area contributed by atoms with Gasteiger partial charge in [-0.25, -0.2) is 4.98 Å². The molecule has 1 heterocycles. The second-order valence-corrected chi connectivity index (χ2v) is 3.09. The van der Waals surface area contributed by atoms with E-state index >= 15 is 0 Å². The number of hydrogen-bond donors (Lipinski definition) is 2. The fourth-order valence-electron chi connectivity index (χ4n) is 1.37. The summed E-state index contributed by atoms with van der Waals surface area (Å²) in [6, 6.07) is 10.1. The third-order valence-corrected chi connectivity index (χ3v) is 2.06. The number of nitrogens with one attached hydrogen (secondary N) is 2. The van der Waals surface area contributed by atoms with Crippen LogP contribution in [0.5, 0.6) is 0 Å². The number of anilines is 1. The maximum atomic E-state index is 5.32. The maximum absolute atomic E-state index is 5.32. The summed E-state index contributed by atoms with van der Waals surface area (Å²) in [7, 11) is 0. The van der Waals surface area contributed by atoms with Gasteiger partial charge in [-0.3, -0.25) is 5.84 Å². The first-order valence-corrected chi connectivity index (χ1v) is 4.19. The fraction of sp³-hybridized carbons (Fsp3) is 0.100. The van der Waals surface area contributed by atoms with Gasteiger partial charge in [0.1, 0.15) is 0 Å². The molecule has 0 aliphatic rings. The first-order valence-electron chi connectivity index (χ1n) is 4.19. The first kappa shape index (κ1) is 8.01. The zero-order valence-electron chi connectivity index (χ0n) is 7.46. The van der Waals surface area contributed by atoms with Crippen LogP contribution in [-0.4, -0.2) is 0 Å². The molecule has 2 aromatic rings. The lowest BCUT2D eigenvalue weighted by Crippen LogP contribution is -2.10. The van der Waals surface area contributed by atoms with Crippen LogP contribution in [0.4, 0.5) is 5.69 Å². The number of aryl methyl sites for hydroxylation is 1. The lowest BCUT2D eigenvalue weighted by molar-refractivity contribution is -0.354. The van der Waals surface area contributed by atoms with Crippen molar-refractivity contribution in [2.45, 2.75) is 6.92 Å². The Balaban J connectivity index is 2.68. The normalized spacial score (nSPS) is 10.3. The van der Waals surface area contributed by atoms with Gasteiger partial charge in [0.15, 0.2) is 5.69 Å². The predicted molar refractivity (Wildman–Crippen MR) is 53.1 cm³/mol. The van der Waals surface area contributed by atoms with Crippen molar-refractivity contribution >= 4 is 16.6 Å². The smallest absolute Gasteiger partial charge is 0.213 e. The standard InChI is InChI=1S/C10H11N3/c1-7-2-3-8-4-5-9(13-11)6-10(8)12-7/h2-6,13H,11H2,1H3/p+1. The van der Waals surface area contributed by atoms with E-state index < -0.39 is 0 Å². The molecule has 0 amide bonds. The van der Waals surface area contributed by atoms with E-state index in [0.29, 0.717) is 0 Å². The molecular formula is C10H12N3+. The second-order valence-electron chi connectivity index (χ2n) is 3.09. The van der Waals surface area contributed by atoms with Crippen molar-refractivity contribution in [2.24, 2.45) is 5.84 Å². The molecule has 4 N–H and O–H groups in total. The van der Waals surface area contributed by atoms with Gasteiger partial charge in [-0.1, -0.05) is 0 Å². The van der Waals surface area contributed by atoms with Gasteiger partial charge in [0.25, 0.3) is 0 Å². The van der Waals surface area contributed by atoms with E-state index in [0.717, 1.165) is 16.9 Å². The van der Waals surface area contributed by atoms with Gasteiger partial charge in [-0.05, 0) is 18.2 Å². The van der Waals surface area contributed by atoms with Gasteiger partial charge in [-0.15, -0.1) is 0 Å². The Kier molecular flexibility index (Phi) is 1.87. The van der Waals surface area contributed by atoms with E-state index in [1.807, 2.05) is 25.1 Å². The summed E-state index contributed by atoms with van der Waals surface area (Å²) in [5.41, 5.74) is 5.76. The fourth-order valence-corrected chi connectivity index (χ4v) is 1.37. The largest absolute Gasteiger partial charge is 0.324 e. The Bertz CT molecular complexity index is 437. The van der Waals surface area contributed by atoms with Gasteiger partial charge < -0.3 is 5.43 Å². The number of rotatable bonds is 1. The summed E-state index contributed by atoms with van der Waals surface area (Å²) >= 11 is 0. The number of nitrogens with two attached hydrogens (primary N) is 1. The van der Waals surface area contributed by atoms with Crippen LogP contribution in [0.15, 0.2) is 30.3 Å². The minimum absolute atomic E-state index is 0.911. The molecule has 0 saturated carbocycles. The number of pyridine rings is 1. The first-order chi connectivity index (χ1) is 6.29. The van der Waals surface area contributed by atoms with Crippen LogP contribution in [0.3, 0.4) is 0 Å². The van der Waals surface area contributed by atoms with Crippen molar-refractivity contribution in [3.8, 4) is 0 Å². The number of benzene rings is 1. The molecular weight excluding hydrogens is 162 g/mol. The monoisotopic (exact) mass is 174 g/mol. The zero-order chi connectivity index (χ0) is 9.26. The highest BCUT2D eigenvalue weighted by Gasteiger charge is 2.01. The van der Waals surface area contributed by atoms with Gasteiger partial charge in [0, 0.05) is 24.4 Å². The van der Waals surface area contributed by atoms with Crippen LogP contribution >= 0.6 is 0 Å². The lowest BCUT2D eigenvalue weighted by Gasteiger charge is -1.98. The van der Waals surface area contributed by atoms with Crippen LogP contribution in [0, 0.1) is 6.92 Å². The molecule has 3 nitrogen and oxygen atoms in total. The predicted octanol–water partition coefficient (Wildman–Crippen LogP) is 1.25. The Morgan fingerprint density at radius 1 is 1.23 bits per heavy atom. The number of hydrazine groups is 1. The second kappa shape index (κ2) is 3.03. The van der Waals surface area contributed by atoms with Crippen molar-refractivity contribution in [3.63, 3.8) is 0 Å². The molecule has 1 aromatic heterocycles. The number of aromatic amines is 1. The van der Waals surface area contributed by atoms with Crippen LogP contribution in [0.25, 0.3) is 10.9 Å². The number of fused-ring (bicyclic) bond motifs is 1.